The van der Waals surface area contributed by atoms with E-state index < -0.39 is 5.82 Å². The molecular formula is C14H12FN3S. The summed E-state index contributed by atoms with van der Waals surface area (Å²) in [5, 5.41) is 6.57. The number of hydrogen-bond donors (Lipinski definition) is 1. The molecule has 0 fully saturated rings. The molecule has 3 aromatic rings. The number of benzene rings is 1. The third-order valence-corrected chi connectivity index (χ3v) is 3.87. The molecule has 0 saturated carbocycles. The van der Waals surface area contributed by atoms with Crippen molar-refractivity contribution in [3.63, 3.8) is 0 Å². The van der Waals surface area contributed by atoms with Gasteiger partial charge in [-0.3, -0.25) is 0 Å². The van der Waals surface area contributed by atoms with E-state index in [4.69, 9.17) is 0 Å². The lowest BCUT2D eigenvalue weighted by atomic mass is 10.1. The van der Waals surface area contributed by atoms with Crippen LogP contribution in [0.1, 0.15) is 5.56 Å². The summed E-state index contributed by atoms with van der Waals surface area (Å²) >= 11 is 1.75. The standard InChI is InChI=1S/C14H12FN3S/c15-11-7-17-14(18-8-11)16-6-5-10-9-19-13-4-2-1-3-12(10)13/h1-4,7-9H,5-6H2,(H,16,17,18). The first-order chi connectivity index (χ1) is 9.33. The minimum atomic E-state index is -0.422. The van der Waals surface area contributed by atoms with Crippen LogP contribution in [0.4, 0.5) is 10.3 Å². The molecule has 0 aliphatic carbocycles. The van der Waals surface area contributed by atoms with Gasteiger partial charge in [0.1, 0.15) is 0 Å². The first kappa shape index (κ1) is 12.0. The highest BCUT2D eigenvalue weighted by molar-refractivity contribution is 7.17. The monoisotopic (exact) mass is 273 g/mol. The van der Waals surface area contributed by atoms with E-state index >= 15 is 0 Å². The summed E-state index contributed by atoms with van der Waals surface area (Å²) in [5.74, 6) is 0.0373. The predicted octanol–water partition coefficient (Wildman–Crippen LogP) is 3.49. The number of aromatic nitrogens is 2. The van der Waals surface area contributed by atoms with Crippen molar-refractivity contribution in [3.8, 4) is 0 Å². The zero-order valence-corrected chi connectivity index (χ0v) is 11.0. The van der Waals surface area contributed by atoms with Crippen molar-refractivity contribution in [1.29, 1.82) is 0 Å². The first-order valence-corrected chi connectivity index (χ1v) is 6.87. The van der Waals surface area contributed by atoms with Crippen molar-refractivity contribution in [3.05, 3.63) is 53.4 Å². The Hall–Kier alpha value is -2.01. The maximum Gasteiger partial charge on any atom is 0.222 e. The normalized spacial score (nSPS) is 10.8. The topological polar surface area (TPSA) is 37.8 Å². The fourth-order valence-corrected chi connectivity index (χ4v) is 2.94. The maximum atomic E-state index is 12.7. The van der Waals surface area contributed by atoms with Crippen LogP contribution in [0.2, 0.25) is 0 Å². The van der Waals surface area contributed by atoms with Crippen molar-refractivity contribution in [2.75, 3.05) is 11.9 Å². The van der Waals surface area contributed by atoms with Gasteiger partial charge in [0.15, 0.2) is 5.82 Å². The van der Waals surface area contributed by atoms with Crippen molar-refractivity contribution in [2.45, 2.75) is 6.42 Å². The van der Waals surface area contributed by atoms with Crippen LogP contribution in [0.3, 0.4) is 0 Å². The van der Waals surface area contributed by atoms with Crippen molar-refractivity contribution < 1.29 is 4.39 Å². The smallest absolute Gasteiger partial charge is 0.222 e. The van der Waals surface area contributed by atoms with Gasteiger partial charge < -0.3 is 5.32 Å². The van der Waals surface area contributed by atoms with Crippen LogP contribution in [-0.4, -0.2) is 16.5 Å². The van der Waals surface area contributed by atoms with E-state index in [0.717, 1.165) is 25.4 Å². The Morgan fingerprint density at radius 3 is 2.79 bits per heavy atom. The molecule has 96 valence electrons. The molecule has 3 rings (SSSR count). The summed E-state index contributed by atoms with van der Waals surface area (Å²) < 4.78 is 14.0. The number of fused-ring (bicyclic) bond motifs is 1. The summed E-state index contributed by atoms with van der Waals surface area (Å²) in [7, 11) is 0. The average molecular weight is 273 g/mol. The second kappa shape index (κ2) is 5.32. The molecule has 0 aliphatic rings. The molecule has 0 amide bonds. The molecule has 0 aliphatic heterocycles. The third kappa shape index (κ3) is 2.71. The molecule has 0 saturated heterocycles. The predicted molar refractivity (Wildman–Crippen MR) is 76.0 cm³/mol. The maximum absolute atomic E-state index is 12.7. The highest BCUT2D eigenvalue weighted by atomic mass is 32.1. The van der Waals surface area contributed by atoms with Crippen LogP contribution in [0.5, 0.6) is 0 Å². The van der Waals surface area contributed by atoms with Crippen LogP contribution in [0.25, 0.3) is 10.1 Å². The van der Waals surface area contributed by atoms with Gasteiger partial charge in [-0.1, -0.05) is 18.2 Å². The Bertz CT molecular complexity index is 678. The van der Waals surface area contributed by atoms with E-state index in [2.05, 4.69) is 38.9 Å². The molecule has 1 aromatic carbocycles. The fourth-order valence-electron chi connectivity index (χ4n) is 1.94. The molecule has 0 atom stereocenters. The molecule has 0 radical (unpaired) electrons. The summed E-state index contributed by atoms with van der Waals surface area (Å²) in [5.41, 5.74) is 1.32. The van der Waals surface area contributed by atoms with Gasteiger partial charge in [0.25, 0.3) is 0 Å². The summed E-state index contributed by atoms with van der Waals surface area (Å²) in [6.07, 6.45) is 3.22. The van der Waals surface area contributed by atoms with Gasteiger partial charge in [-0.25, -0.2) is 14.4 Å². The lowest BCUT2D eigenvalue weighted by Crippen LogP contribution is -2.07. The fraction of sp³-hybridized carbons (Fsp3) is 0.143. The van der Waals surface area contributed by atoms with E-state index in [0.29, 0.717) is 5.95 Å². The van der Waals surface area contributed by atoms with Crippen molar-refractivity contribution in [2.24, 2.45) is 0 Å². The summed E-state index contributed by atoms with van der Waals surface area (Å²) in [6.45, 7) is 0.729. The highest BCUT2D eigenvalue weighted by Crippen LogP contribution is 2.25. The van der Waals surface area contributed by atoms with Crippen LogP contribution in [0, 0.1) is 5.82 Å². The lowest BCUT2D eigenvalue weighted by Gasteiger charge is -2.03. The van der Waals surface area contributed by atoms with Crippen molar-refractivity contribution >= 4 is 27.4 Å². The first-order valence-electron chi connectivity index (χ1n) is 5.99. The minimum Gasteiger partial charge on any atom is -0.354 e. The van der Waals surface area contributed by atoms with E-state index in [9.17, 15) is 4.39 Å². The van der Waals surface area contributed by atoms with E-state index in [1.165, 1.54) is 15.6 Å². The number of nitrogens with one attached hydrogen (secondary N) is 1. The number of hydrogen-bond acceptors (Lipinski definition) is 4. The van der Waals surface area contributed by atoms with Gasteiger partial charge in [0, 0.05) is 11.2 Å². The van der Waals surface area contributed by atoms with Crippen LogP contribution in [0.15, 0.2) is 42.0 Å². The number of thiophene rings is 1. The molecule has 19 heavy (non-hydrogen) atoms. The van der Waals surface area contributed by atoms with Gasteiger partial charge in [-0.15, -0.1) is 11.3 Å². The quantitative estimate of drug-likeness (QED) is 0.790. The largest absolute Gasteiger partial charge is 0.354 e. The number of halogens is 1. The second-order valence-corrected chi connectivity index (χ2v) is 5.07. The molecule has 5 heteroatoms. The molecule has 0 spiro atoms. The molecule has 0 bridgehead atoms. The molecule has 0 unspecified atom stereocenters. The summed E-state index contributed by atoms with van der Waals surface area (Å²) in [4.78, 5) is 7.73. The van der Waals surface area contributed by atoms with Crippen LogP contribution in [-0.2, 0) is 6.42 Å². The van der Waals surface area contributed by atoms with Gasteiger partial charge in [-0.05, 0) is 28.8 Å². The van der Waals surface area contributed by atoms with E-state index in [1.54, 1.807) is 11.3 Å². The van der Waals surface area contributed by atoms with Crippen LogP contribution >= 0.6 is 11.3 Å². The minimum absolute atomic E-state index is 0.422. The van der Waals surface area contributed by atoms with Gasteiger partial charge in [-0.2, -0.15) is 0 Å². The highest BCUT2D eigenvalue weighted by Gasteiger charge is 2.03. The Balaban J connectivity index is 1.65. The number of rotatable bonds is 4. The molecule has 1 N–H and O–H groups in total. The Morgan fingerprint density at radius 1 is 1.16 bits per heavy atom. The second-order valence-electron chi connectivity index (χ2n) is 4.16. The van der Waals surface area contributed by atoms with E-state index in [-0.39, 0.29) is 0 Å². The molecular weight excluding hydrogens is 261 g/mol. The number of anilines is 1. The molecule has 2 aromatic heterocycles. The molecule has 3 nitrogen and oxygen atoms in total. The zero-order valence-electron chi connectivity index (χ0n) is 10.1. The Morgan fingerprint density at radius 2 is 1.95 bits per heavy atom. The van der Waals surface area contributed by atoms with Crippen LogP contribution < -0.4 is 5.32 Å². The van der Waals surface area contributed by atoms with Gasteiger partial charge >= 0.3 is 0 Å². The SMILES string of the molecule is Fc1cnc(NCCc2csc3ccccc23)nc1. The van der Waals surface area contributed by atoms with Gasteiger partial charge in [0.2, 0.25) is 5.95 Å². The van der Waals surface area contributed by atoms with Crippen molar-refractivity contribution in [1.82, 2.24) is 9.97 Å². The molecule has 2 heterocycles. The van der Waals surface area contributed by atoms with Gasteiger partial charge in [0.05, 0.1) is 12.4 Å². The van der Waals surface area contributed by atoms with E-state index in [1.807, 2.05) is 6.07 Å². The number of nitrogens with zero attached hydrogens (tertiary/aromatic N) is 2. The summed E-state index contributed by atoms with van der Waals surface area (Å²) in [6, 6.07) is 8.36. The lowest BCUT2D eigenvalue weighted by molar-refractivity contribution is 0.614. The zero-order chi connectivity index (χ0) is 13.1. The Labute approximate surface area is 114 Å². The average Bonchev–Trinajstić information content (AvgIpc) is 2.85. The third-order valence-electron chi connectivity index (χ3n) is 2.86. The Kier molecular flexibility index (Phi) is 3.37.